The average molecular weight is 438 g/mol. The molecular formula is C24H26N2O6. The maximum Gasteiger partial charge on any atom is 0.290 e. The predicted octanol–water partition coefficient (Wildman–Crippen LogP) is 2.93. The molecule has 8 nitrogen and oxygen atoms in total. The van der Waals surface area contributed by atoms with Gasteiger partial charge in [0.25, 0.3) is 5.91 Å². The van der Waals surface area contributed by atoms with E-state index in [0.29, 0.717) is 52.4 Å². The molecule has 4 rings (SSSR count). The molecule has 1 atom stereocenters. The minimum atomic E-state index is -0.662. The Labute approximate surface area is 185 Å². The molecule has 1 aromatic heterocycles. The predicted molar refractivity (Wildman–Crippen MR) is 120 cm³/mol. The van der Waals surface area contributed by atoms with Crippen LogP contribution in [0.15, 0.2) is 45.6 Å². The molecular weight excluding hydrogens is 412 g/mol. The molecule has 1 aliphatic heterocycles. The van der Waals surface area contributed by atoms with E-state index in [9.17, 15) is 9.59 Å². The van der Waals surface area contributed by atoms with E-state index in [1.807, 2.05) is 19.0 Å². The molecule has 8 heteroatoms. The highest BCUT2D eigenvalue weighted by Gasteiger charge is 2.43. The Kier molecular flexibility index (Phi) is 5.80. The summed E-state index contributed by atoms with van der Waals surface area (Å²) in [5.74, 6) is 1.41. The second kappa shape index (κ2) is 8.55. The lowest BCUT2D eigenvalue weighted by atomic mass is 9.97. The Balaban J connectivity index is 1.98. The molecule has 168 valence electrons. The van der Waals surface area contributed by atoms with Crippen molar-refractivity contribution in [1.29, 1.82) is 0 Å². The van der Waals surface area contributed by atoms with Gasteiger partial charge in [0.15, 0.2) is 5.43 Å². The van der Waals surface area contributed by atoms with Gasteiger partial charge in [0.05, 0.1) is 38.3 Å². The molecule has 1 amide bonds. The molecule has 0 bridgehead atoms. The number of benzene rings is 2. The Morgan fingerprint density at radius 1 is 0.969 bits per heavy atom. The topological polar surface area (TPSA) is 81.4 Å². The first kappa shape index (κ1) is 21.7. The number of likely N-dealkylation sites (N-methyl/N-ethyl adjacent to an activating group) is 1. The largest absolute Gasteiger partial charge is 0.497 e. The zero-order chi connectivity index (χ0) is 23.0. The van der Waals surface area contributed by atoms with Crippen molar-refractivity contribution in [2.45, 2.75) is 6.04 Å². The van der Waals surface area contributed by atoms with E-state index in [1.54, 1.807) is 55.5 Å². The van der Waals surface area contributed by atoms with E-state index >= 15 is 0 Å². The third kappa shape index (κ3) is 3.56. The normalized spacial score (nSPS) is 15.4. The lowest BCUT2D eigenvalue weighted by Crippen LogP contribution is -2.35. The first-order valence-electron chi connectivity index (χ1n) is 10.2. The van der Waals surface area contributed by atoms with Crippen molar-refractivity contribution in [1.82, 2.24) is 9.80 Å². The number of methoxy groups -OCH3 is 3. The number of rotatable bonds is 7. The van der Waals surface area contributed by atoms with Gasteiger partial charge in [-0.2, -0.15) is 0 Å². The lowest BCUT2D eigenvalue weighted by molar-refractivity contribution is 0.0715. The van der Waals surface area contributed by atoms with Crippen molar-refractivity contribution in [2.75, 3.05) is 48.5 Å². The lowest BCUT2D eigenvalue weighted by Gasteiger charge is -2.27. The van der Waals surface area contributed by atoms with Gasteiger partial charge in [0.1, 0.15) is 22.8 Å². The smallest absolute Gasteiger partial charge is 0.290 e. The molecule has 0 unspecified atom stereocenters. The van der Waals surface area contributed by atoms with Crippen molar-refractivity contribution in [3.63, 3.8) is 0 Å². The number of nitrogens with zero attached hydrogens (tertiary/aromatic N) is 2. The molecule has 0 spiro atoms. The third-order valence-corrected chi connectivity index (χ3v) is 5.69. The van der Waals surface area contributed by atoms with Crippen LogP contribution in [0.5, 0.6) is 17.2 Å². The molecule has 2 heterocycles. The monoisotopic (exact) mass is 438 g/mol. The maximum atomic E-state index is 13.6. The van der Waals surface area contributed by atoms with Gasteiger partial charge in [-0.3, -0.25) is 9.59 Å². The summed E-state index contributed by atoms with van der Waals surface area (Å²) in [6.07, 6.45) is 0. The van der Waals surface area contributed by atoms with Crippen molar-refractivity contribution >= 4 is 16.9 Å². The van der Waals surface area contributed by atoms with Crippen molar-refractivity contribution in [3.05, 3.63) is 63.5 Å². The molecule has 0 aliphatic carbocycles. The van der Waals surface area contributed by atoms with Crippen molar-refractivity contribution < 1.29 is 23.4 Å². The maximum absolute atomic E-state index is 13.6. The van der Waals surface area contributed by atoms with Gasteiger partial charge < -0.3 is 28.4 Å². The summed E-state index contributed by atoms with van der Waals surface area (Å²) in [6, 6.07) is 9.67. The third-order valence-electron chi connectivity index (χ3n) is 5.69. The zero-order valence-electron chi connectivity index (χ0n) is 18.8. The van der Waals surface area contributed by atoms with Crippen LogP contribution in [0.2, 0.25) is 0 Å². The summed E-state index contributed by atoms with van der Waals surface area (Å²) >= 11 is 0. The minimum Gasteiger partial charge on any atom is -0.497 e. The second-order valence-corrected chi connectivity index (χ2v) is 7.85. The van der Waals surface area contributed by atoms with Crippen LogP contribution in [0.4, 0.5) is 0 Å². The highest BCUT2D eigenvalue weighted by atomic mass is 16.5. The summed E-state index contributed by atoms with van der Waals surface area (Å²) in [5.41, 5.74) is 1.03. The van der Waals surface area contributed by atoms with E-state index in [0.717, 1.165) is 0 Å². The van der Waals surface area contributed by atoms with Crippen LogP contribution in [0, 0.1) is 0 Å². The molecule has 2 aromatic carbocycles. The highest BCUT2D eigenvalue weighted by molar-refractivity contribution is 5.99. The van der Waals surface area contributed by atoms with Crippen LogP contribution >= 0.6 is 0 Å². The quantitative estimate of drug-likeness (QED) is 0.561. The minimum absolute atomic E-state index is 0.0457. The summed E-state index contributed by atoms with van der Waals surface area (Å²) < 4.78 is 22.2. The van der Waals surface area contributed by atoms with Gasteiger partial charge in [-0.25, -0.2) is 0 Å². The summed E-state index contributed by atoms with van der Waals surface area (Å²) in [4.78, 5) is 30.7. The number of ether oxygens (including phenoxy) is 3. The van der Waals surface area contributed by atoms with E-state index in [4.69, 9.17) is 18.6 Å². The Bertz CT molecular complexity index is 1230. The molecule has 0 radical (unpaired) electrons. The molecule has 3 aromatic rings. The highest BCUT2D eigenvalue weighted by Crippen LogP contribution is 2.42. The van der Waals surface area contributed by atoms with E-state index in [-0.39, 0.29) is 17.1 Å². The Hall–Kier alpha value is -3.52. The fraction of sp³-hybridized carbons (Fsp3) is 0.333. The van der Waals surface area contributed by atoms with Crippen molar-refractivity contribution in [3.8, 4) is 17.2 Å². The van der Waals surface area contributed by atoms with Gasteiger partial charge in [-0.1, -0.05) is 0 Å². The summed E-state index contributed by atoms with van der Waals surface area (Å²) in [6.45, 7) is 1.02. The fourth-order valence-corrected chi connectivity index (χ4v) is 4.04. The standard InChI is InChI=1S/C24H26N2O6/c1-25(2)10-11-26-21(17-12-14(29-3)7-9-18(17)31-5)20-22(27)16-8-6-15(30-4)13-19(16)32-23(20)24(26)28/h6-9,12-13,21H,10-11H2,1-5H3/t21-/m0/s1. The summed E-state index contributed by atoms with van der Waals surface area (Å²) in [7, 11) is 8.52. The van der Waals surface area contributed by atoms with Gasteiger partial charge in [-0.15, -0.1) is 0 Å². The average Bonchev–Trinajstić information content (AvgIpc) is 3.08. The molecule has 0 fully saturated rings. The molecule has 0 saturated carbocycles. The fourth-order valence-electron chi connectivity index (χ4n) is 4.04. The first-order valence-corrected chi connectivity index (χ1v) is 10.2. The molecule has 0 N–H and O–H groups in total. The Morgan fingerprint density at radius 2 is 1.66 bits per heavy atom. The molecule has 32 heavy (non-hydrogen) atoms. The van der Waals surface area contributed by atoms with Crippen LogP contribution < -0.4 is 19.6 Å². The van der Waals surface area contributed by atoms with Gasteiger partial charge in [0, 0.05) is 24.7 Å². The number of hydrogen-bond donors (Lipinski definition) is 0. The second-order valence-electron chi connectivity index (χ2n) is 7.85. The van der Waals surface area contributed by atoms with Crippen LogP contribution in [-0.2, 0) is 0 Å². The summed E-state index contributed by atoms with van der Waals surface area (Å²) in [5, 5.41) is 0.388. The SMILES string of the molecule is COc1ccc(OC)c([C@H]2c3c(oc4cc(OC)ccc4c3=O)C(=O)N2CCN(C)C)c1. The number of fused-ring (bicyclic) bond motifs is 2. The molecule has 0 saturated heterocycles. The van der Waals surface area contributed by atoms with Crippen molar-refractivity contribution in [2.24, 2.45) is 0 Å². The van der Waals surface area contributed by atoms with Crippen LogP contribution in [0.1, 0.15) is 27.7 Å². The first-order chi connectivity index (χ1) is 15.4. The van der Waals surface area contributed by atoms with Crippen LogP contribution in [-0.4, -0.2) is 64.2 Å². The number of carbonyl (C=O) groups excluding carboxylic acids is 1. The van der Waals surface area contributed by atoms with E-state index in [1.165, 1.54) is 7.11 Å². The van der Waals surface area contributed by atoms with E-state index < -0.39 is 6.04 Å². The van der Waals surface area contributed by atoms with E-state index in [2.05, 4.69) is 0 Å². The van der Waals surface area contributed by atoms with Gasteiger partial charge in [-0.05, 0) is 44.4 Å². The van der Waals surface area contributed by atoms with Gasteiger partial charge in [0.2, 0.25) is 5.76 Å². The molecule has 1 aliphatic rings. The number of hydrogen-bond acceptors (Lipinski definition) is 7. The Morgan fingerprint density at radius 3 is 2.31 bits per heavy atom. The van der Waals surface area contributed by atoms with Crippen LogP contribution in [0.25, 0.3) is 11.0 Å². The number of carbonyl (C=O) groups is 1. The zero-order valence-corrected chi connectivity index (χ0v) is 18.8. The van der Waals surface area contributed by atoms with Crippen LogP contribution in [0.3, 0.4) is 0 Å². The number of amides is 1. The van der Waals surface area contributed by atoms with Gasteiger partial charge >= 0.3 is 0 Å².